The zero-order valence-electron chi connectivity index (χ0n) is 27.9. The van der Waals surface area contributed by atoms with Crippen molar-refractivity contribution >= 4 is 51.9 Å². The number of unbranched alkanes of at least 4 members (excludes halogenated alkanes) is 1. The van der Waals surface area contributed by atoms with Gasteiger partial charge in [-0.1, -0.05) is 48.5 Å². The maximum Gasteiger partial charge on any atom is 0.410 e. The van der Waals surface area contributed by atoms with E-state index in [0.717, 1.165) is 21.9 Å². The number of likely N-dealkylation sites (N-methyl/N-ethyl adjacent to an activating group) is 1. The molecule has 1 aliphatic heterocycles. The van der Waals surface area contributed by atoms with Crippen LogP contribution in [0.15, 0.2) is 60.7 Å². The van der Waals surface area contributed by atoms with Crippen molar-refractivity contribution in [3.63, 3.8) is 0 Å². The van der Waals surface area contributed by atoms with E-state index in [0.29, 0.717) is 24.2 Å². The van der Waals surface area contributed by atoms with Gasteiger partial charge in [-0.2, -0.15) is 0 Å². The molecular weight excluding hydrogens is 600 g/mol. The first kappa shape index (κ1) is 34.9. The van der Waals surface area contributed by atoms with Gasteiger partial charge >= 0.3 is 12.1 Å². The number of carboxylic acids is 1. The molecule has 250 valence electrons. The van der Waals surface area contributed by atoms with Gasteiger partial charge in [-0.15, -0.1) is 0 Å². The first-order chi connectivity index (χ1) is 22.2. The molecule has 47 heavy (non-hydrogen) atoms. The van der Waals surface area contributed by atoms with Crippen molar-refractivity contribution in [3.8, 4) is 0 Å². The van der Waals surface area contributed by atoms with Crippen LogP contribution in [0.1, 0.15) is 64.5 Å². The summed E-state index contributed by atoms with van der Waals surface area (Å²) < 4.78 is 5.43. The summed E-state index contributed by atoms with van der Waals surface area (Å²) in [5.74, 6) is -2.22. The molecule has 0 bridgehead atoms. The Bertz CT molecular complexity index is 1660. The lowest BCUT2D eigenvalue weighted by molar-refractivity contribution is -0.137. The number of hydrogen-bond donors (Lipinski definition) is 2. The van der Waals surface area contributed by atoms with E-state index in [4.69, 9.17) is 9.84 Å². The number of carbonyl (C=O) groups is 5. The number of ether oxygens (including phenoxy) is 1. The van der Waals surface area contributed by atoms with Crippen molar-refractivity contribution < 1.29 is 33.8 Å². The fourth-order valence-electron chi connectivity index (χ4n) is 5.55. The van der Waals surface area contributed by atoms with Gasteiger partial charge in [0, 0.05) is 19.9 Å². The molecule has 1 aliphatic rings. The van der Waals surface area contributed by atoms with Gasteiger partial charge < -0.3 is 25.0 Å². The van der Waals surface area contributed by atoms with Crippen molar-refractivity contribution in [2.75, 3.05) is 23.4 Å². The Morgan fingerprint density at radius 1 is 0.979 bits per heavy atom. The maximum atomic E-state index is 14.5. The van der Waals surface area contributed by atoms with E-state index in [1.807, 2.05) is 43.3 Å². The normalized spacial score (nSPS) is 15.4. The van der Waals surface area contributed by atoms with E-state index >= 15 is 0 Å². The zero-order valence-corrected chi connectivity index (χ0v) is 27.9. The molecule has 0 aromatic heterocycles. The van der Waals surface area contributed by atoms with E-state index in [1.54, 1.807) is 49.9 Å². The van der Waals surface area contributed by atoms with Crippen LogP contribution in [0.4, 0.5) is 16.2 Å². The van der Waals surface area contributed by atoms with Crippen LogP contribution in [0.25, 0.3) is 10.8 Å². The van der Waals surface area contributed by atoms with E-state index in [1.165, 1.54) is 23.8 Å². The number of rotatable bonds is 10. The quantitative estimate of drug-likeness (QED) is 0.282. The van der Waals surface area contributed by atoms with Gasteiger partial charge in [0.2, 0.25) is 11.8 Å². The van der Waals surface area contributed by atoms with Crippen LogP contribution in [0.5, 0.6) is 0 Å². The largest absolute Gasteiger partial charge is 0.481 e. The van der Waals surface area contributed by atoms with Crippen LogP contribution in [0.3, 0.4) is 0 Å². The van der Waals surface area contributed by atoms with E-state index in [9.17, 15) is 24.0 Å². The highest BCUT2D eigenvalue weighted by atomic mass is 16.6. The average Bonchev–Trinajstić information content (AvgIpc) is 3.13. The number of hydrogen-bond acceptors (Lipinski definition) is 6. The summed E-state index contributed by atoms with van der Waals surface area (Å²) in [4.78, 5) is 69.9. The van der Waals surface area contributed by atoms with Crippen LogP contribution in [0, 0.1) is 6.92 Å². The van der Waals surface area contributed by atoms with Gasteiger partial charge in [0.05, 0.1) is 24.5 Å². The molecule has 11 heteroatoms. The summed E-state index contributed by atoms with van der Waals surface area (Å²) in [5, 5.41) is 13.9. The number of carboxylic acid groups (broad SMARTS) is 1. The Morgan fingerprint density at radius 2 is 1.62 bits per heavy atom. The Morgan fingerprint density at radius 3 is 2.30 bits per heavy atom. The number of fused-ring (bicyclic) bond motifs is 2. The van der Waals surface area contributed by atoms with Gasteiger partial charge in [-0.05, 0) is 81.5 Å². The Kier molecular flexibility index (Phi) is 10.9. The molecule has 0 fully saturated rings. The van der Waals surface area contributed by atoms with Crippen LogP contribution >= 0.6 is 0 Å². The molecule has 0 saturated heterocycles. The fraction of sp³-hybridized carbons (Fsp3) is 0.417. The molecule has 0 spiro atoms. The first-order valence-electron chi connectivity index (χ1n) is 15.8. The van der Waals surface area contributed by atoms with Crippen LogP contribution in [-0.2, 0) is 30.5 Å². The molecule has 0 unspecified atom stereocenters. The number of aliphatic carboxylic acids is 1. The zero-order chi connectivity index (χ0) is 34.5. The monoisotopic (exact) mass is 644 g/mol. The van der Waals surface area contributed by atoms with Crippen molar-refractivity contribution in [2.24, 2.45) is 0 Å². The second-order valence-corrected chi connectivity index (χ2v) is 12.9. The van der Waals surface area contributed by atoms with Gasteiger partial charge in [0.1, 0.15) is 17.7 Å². The minimum absolute atomic E-state index is 0.0533. The van der Waals surface area contributed by atoms with E-state index in [-0.39, 0.29) is 31.8 Å². The number of anilines is 2. The number of aryl methyl sites for hydroxylation is 1. The molecule has 3 aromatic carbocycles. The summed E-state index contributed by atoms with van der Waals surface area (Å²) in [6, 6.07) is 16.9. The molecule has 4 rings (SSSR count). The third kappa shape index (κ3) is 8.46. The summed E-state index contributed by atoms with van der Waals surface area (Å²) in [6.45, 7) is 8.74. The smallest absolute Gasteiger partial charge is 0.410 e. The molecule has 4 amide bonds. The molecule has 3 aromatic rings. The summed E-state index contributed by atoms with van der Waals surface area (Å²) in [7, 11) is 1.45. The summed E-state index contributed by atoms with van der Waals surface area (Å²) in [6.07, 6.45) is 0.00651. The molecule has 11 nitrogen and oxygen atoms in total. The van der Waals surface area contributed by atoms with Crippen LogP contribution < -0.4 is 15.1 Å². The van der Waals surface area contributed by atoms with Crippen molar-refractivity contribution in [1.82, 2.24) is 10.2 Å². The first-order valence-corrected chi connectivity index (χ1v) is 15.8. The van der Waals surface area contributed by atoms with Gasteiger partial charge in [-0.3, -0.25) is 24.1 Å². The summed E-state index contributed by atoms with van der Waals surface area (Å²) in [5.41, 5.74) is 2.17. The topological polar surface area (TPSA) is 137 Å². The minimum atomic E-state index is -1.15. The molecule has 1 heterocycles. The van der Waals surface area contributed by atoms with Crippen molar-refractivity contribution in [2.45, 2.75) is 84.5 Å². The summed E-state index contributed by atoms with van der Waals surface area (Å²) >= 11 is 0. The highest BCUT2D eigenvalue weighted by molar-refractivity contribution is 6.08. The molecule has 2 atom stereocenters. The predicted octanol–water partition coefficient (Wildman–Crippen LogP) is 5.41. The third-order valence-corrected chi connectivity index (χ3v) is 8.27. The van der Waals surface area contributed by atoms with E-state index in [2.05, 4.69) is 5.32 Å². The molecular formula is C36H44N4O7. The standard InChI is InChI=1S/C36H44N4O7/c1-23-19-20-25-13-7-8-14-26(25)27(23)21-40-30-16-10-9-15-29(30)39(31(41)17-11-12-18-32(42)43)22-28(34(40)45)37-33(44)24(2)38(6)35(46)47-36(3,4)5/h7-10,13-16,19-20,24,28H,11-12,17-18,21-22H2,1-6H3,(H,37,44)(H,42,43)/t24-,28-/m0/s1. The number of amides is 4. The lowest BCUT2D eigenvalue weighted by Gasteiger charge is -2.30. The van der Waals surface area contributed by atoms with E-state index < -0.39 is 41.6 Å². The lowest BCUT2D eigenvalue weighted by atomic mass is 9.99. The van der Waals surface area contributed by atoms with Gasteiger partial charge in [0.25, 0.3) is 5.91 Å². The SMILES string of the molecule is Cc1ccc2ccccc2c1CN1C(=O)[C@@H](NC(=O)[C@H](C)N(C)C(=O)OC(C)(C)C)CN(C(=O)CCCCC(=O)O)c2ccccc21. The average molecular weight is 645 g/mol. The Hall–Kier alpha value is -4.93. The molecule has 0 radical (unpaired) electrons. The number of carbonyl (C=O) groups excluding carboxylic acids is 4. The van der Waals surface area contributed by atoms with Gasteiger partial charge in [-0.25, -0.2) is 4.79 Å². The number of nitrogens with zero attached hydrogens (tertiary/aromatic N) is 3. The Balaban J connectivity index is 1.72. The number of nitrogens with one attached hydrogen (secondary N) is 1. The lowest BCUT2D eigenvalue weighted by Crippen LogP contribution is -2.57. The predicted molar refractivity (Wildman–Crippen MR) is 180 cm³/mol. The number of para-hydroxylation sites is 2. The molecule has 2 N–H and O–H groups in total. The van der Waals surface area contributed by atoms with Crippen LogP contribution in [0.2, 0.25) is 0 Å². The third-order valence-electron chi connectivity index (χ3n) is 8.27. The maximum absolute atomic E-state index is 14.5. The molecule has 0 aliphatic carbocycles. The molecule has 0 saturated carbocycles. The fourth-order valence-corrected chi connectivity index (χ4v) is 5.55. The van der Waals surface area contributed by atoms with Crippen molar-refractivity contribution in [1.29, 1.82) is 0 Å². The van der Waals surface area contributed by atoms with Crippen LogP contribution in [-0.4, -0.2) is 71.1 Å². The van der Waals surface area contributed by atoms with Gasteiger partial charge in [0.15, 0.2) is 0 Å². The second-order valence-electron chi connectivity index (χ2n) is 12.9. The highest BCUT2D eigenvalue weighted by Gasteiger charge is 2.38. The highest BCUT2D eigenvalue weighted by Crippen LogP contribution is 2.36. The van der Waals surface area contributed by atoms with Crippen molar-refractivity contribution in [3.05, 3.63) is 71.8 Å². The minimum Gasteiger partial charge on any atom is -0.481 e. The number of benzene rings is 3. The second kappa shape index (κ2) is 14.7. The Labute approximate surface area is 275 Å².